The number of carbonyl (C=O) groups excluding carboxylic acids is 1. The van der Waals surface area contributed by atoms with Crippen LogP contribution in [0.15, 0.2) is 114 Å². The fraction of sp³-hybridized carbons (Fsp3) is 0.267. The van der Waals surface area contributed by atoms with Crippen molar-refractivity contribution in [2.24, 2.45) is 0 Å². The predicted octanol–water partition coefficient (Wildman–Crippen LogP) is 8.91. The Morgan fingerprint density at radius 2 is 1.60 bits per heavy atom. The lowest BCUT2D eigenvalue weighted by molar-refractivity contribution is -0.152. The summed E-state index contributed by atoms with van der Waals surface area (Å²) in [6, 6.07) is 30.6. The summed E-state index contributed by atoms with van der Waals surface area (Å²) in [6.07, 6.45) is -3.83. The molecule has 5 aromatic carbocycles. The van der Waals surface area contributed by atoms with E-state index in [4.69, 9.17) is 4.74 Å². The number of imidazole rings is 1. The molecule has 3 heterocycles. The van der Waals surface area contributed by atoms with E-state index >= 15 is 13.2 Å². The van der Waals surface area contributed by atoms with Crippen molar-refractivity contribution in [3.63, 3.8) is 0 Å². The van der Waals surface area contributed by atoms with Crippen LogP contribution in [0.3, 0.4) is 0 Å². The van der Waals surface area contributed by atoms with Crippen molar-refractivity contribution in [2.75, 3.05) is 32.5 Å². The number of anilines is 4. The first kappa shape index (κ1) is 40.3. The molecule has 1 aromatic heterocycles. The zero-order valence-corrected chi connectivity index (χ0v) is 33.9. The average Bonchev–Trinajstić information content (AvgIpc) is 3.83. The summed E-state index contributed by atoms with van der Waals surface area (Å²) in [5, 5.41) is 13.2. The Labute approximate surface area is 346 Å². The van der Waals surface area contributed by atoms with Gasteiger partial charge in [-0.2, -0.15) is 18.4 Å². The number of hydrogen-bond donors (Lipinski definition) is 2. The van der Waals surface area contributed by atoms with E-state index in [0.717, 1.165) is 16.3 Å². The Balaban J connectivity index is 1.15. The zero-order chi connectivity index (χ0) is 42.4. The van der Waals surface area contributed by atoms with E-state index in [2.05, 4.69) is 21.4 Å². The summed E-state index contributed by atoms with van der Waals surface area (Å²) >= 11 is 0. The third-order valence-electron chi connectivity index (χ3n) is 10.6. The molecule has 2 aliphatic rings. The van der Waals surface area contributed by atoms with E-state index in [-0.39, 0.29) is 23.7 Å². The van der Waals surface area contributed by atoms with Crippen LogP contribution in [0.2, 0.25) is 0 Å². The quantitative estimate of drug-likeness (QED) is 0.130. The largest absolute Gasteiger partial charge is 0.459 e. The van der Waals surface area contributed by atoms with Crippen molar-refractivity contribution in [3.8, 4) is 17.2 Å². The van der Waals surface area contributed by atoms with E-state index < -0.39 is 40.5 Å². The number of halogens is 3. The highest BCUT2D eigenvalue weighted by molar-refractivity contribution is 7.93. The Hall–Kier alpha value is -6.53. The monoisotopic (exact) mass is 833 g/mol. The number of aryl methyl sites for hydroxylation is 1. The number of fused-ring (bicyclic) bond motifs is 3. The maximum Gasteiger partial charge on any atom is 0.427 e. The van der Waals surface area contributed by atoms with Gasteiger partial charge in [-0.1, -0.05) is 60.7 Å². The number of ether oxygens (including phenoxy) is 1. The summed E-state index contributed by atoms with van der Waals surface area (Å²) in [5.74, 6) is -0.764. The second kappa shape index (κ2) is 15.6. The van der Waals surface area contributed by atoms with Gasteiger partial charge in [-0.25, -0.2) is 13.4 Å². The molecule has 0 fully saturated rings. The molecule has 308 valence electrons. The fourth-order valence-corrected chi connectivity index (χ4v) is 9.75. The van der Waals surface area contributed by atoms with Crippen LogP contribution in [0.1, 0.15) is 49.4 Å². The number of benzene rings is 5. The number of nitriles is 1. The number of sulfonamides is 1. The first-order valence-electron chi connectivity index (χ1n) is 19.5. The van der Waals surface area contributed by atoms with Crippen LogP contribution in [-0.2, 0) is 39.1 Å². The maximum atomic E-state index is 15.6. The molecule has 0 radical (unpaired) electrons. The minimum Gasteiger partial charge on any atom is -0.459 e. The van der Waals surface area contributed by atoms with Crippen LogP contribution < -0.4 is 19.4 Å². The van der Waals surface area contributed by atoms with Gasteiger partial charge in [0.1, 0.15) is 17.0 Å². The van der Waals surface area contributed by atoms with E-state index in [1.54, 1.807) is 99.6 Å². The SMILES string of the molecule is CC(C)(C)OC(=O)CN(c1ccc(CN2c3ccccc3N(Cc3c(-c4ccccc4C#N)ccc4[nH]cnc34)C2C(F)(F)F)cc1)S(=O)(=O)c1cccc2c1NCCC2. The molecular weight excluding hydrogens is 792 g/mol. The van der Waals surface area contributed by atoms with Crippen LogP contribution in [0, 0.1) is 11.3 Å². The van der Waals surface area contributed by atoms with Gasteiger partial charge in [0.15, 0.2) is 0 Å². The number of carbonyl (C=O) groups is 1. The molecule has 0 saturated carbocycles. The highest BCUT2D eigenvalue weighted by Gasteiger charge is 2.52. The van der Waals surface area contributed by atoms with Crippen LogP contribution >= 0.6 is 0 Å². The van der Waals surface area contributed by atoms with Crippen LogP contribution in [0.5, 0.6) is 0 Å². The van der Waals surface area contributed by atoms with Crippen molar-refractivity contribution in [1.29, 1.82) is 5.26 Å². The van der Waals surface area contributed by atoms with Gasteiger partial charge in [0, 0.05) is 25.2 Å². The third kappa shape index (κ3) is 7.70. The Morgan fingerprint density at radius 3 is 2.30 bits per heavy atom. The van der Waals surface area contributed by atoms with Crippen molar-refractivity contribution in [1.82, 2.24) is 9.97 Å². The lowest BCUT2D eigenvalue weighted by Crippen LogP contribution is -2.52. The number of nitrogens with zero attached hydrogens (tertiary/aromatic N) is 5. The molecular formula is C45H42F3N7O4S. The molecule has 11 nitrogen and oxygen atoms in total. The Kier molecular flexibility index (Phi) is 10.5. The summed E-state index contributed by atoms with van der Waals surface area (Å²) in [5.41, 5.74) is 4.98. The molecule has 0 saturated heterocycles. The molecule has 1 atom stereocenters. The molecule has 0 amide bonds. The smallest absolute Gasteiger partial charge is 0.427 e. The highest BCUT2D eigenvalue weighted by atomic mass is 32.2. The van der Waals surface area contributed by atoms with Crippen LogP contribution in [0.4, 0.5) is 35.9 Å². The van der Waals surface area contributed by atoms with E-state index in [9.17, 15) is 18.5 Å². The Morgan fingerprint density at radius 1 is 0.900 bits per heavy atom. The summed E-state index contributed by atoms with van der Waals surface area (Å²) < 4.78 is 82.2. The number of esters is 1. The molecule has 1 unspecified atom stereocenters. The Bertz CT molecular complexity index is 2740. The number of alkyl halides is 3. The standard InChI is InChI=1S/C45H42F3N7O4S/c1-44(2,3)59-40(56)27-55(60(57,58)39-16-8-11-30-12-9-23-50-41(30)39)32-19-17-29(18-20-32)25-53-37-14-6-7-15-38(37)54(43(53)45(46,47)48)26-35-34(21-22-36-42(35)52-28-51-36)33-13-5-4-10-31(33)24-49/h4-8,10-11,13-22,28,43,50H,9,12,23,25-27H2,1-3H3,(H,51,52). The first-order chi connectivity index (χ1) is 28.6. The van der Waals surface area contributed by atoms with Crippen molar-refractivity contribution in [3.05, 3.63) is 132 Å². The van der Waals surface area contributed by atoms with Crippen LogP contribution in [-0.4, -0.2) is 55.4 Å². The summed E-state index contributed by atoms with van der Waals surface area (Å²) in [6.45, 7) is 4.64. The van der Waals surface area contributed by atoms with E-state index in [0.29, 0.717) is 68.9 Å². The molecule has 2 aliphatic heterocycles. The normalized spacial score (nSPS) is 15.2. The second-order valence-corrected chi connectivity index (χ2v) is 17.6. The number of rotatable bonds is 10. The van der Waals surface area contributed by atoms with Gasteiger partial charge in [0.05, 0.1) is 51.7 Å². The summed E-state index contributed by atoms with van der Waals surface area (Å²) in [4.78, 5) is 23.4. The summed E-state index contributed by atoms with van der Waals surface area (Å²) in [7, 11) is -4.35. The zero-order valence-electron chi connectivity index (χ0n) is 33.1. The van der Waals surface area contributed by atoms with Crippen LogP contribution in [0.25, 0.3) is 22.2 Å². The molecule has 2 N–H and O–H groups in total. The fourth-order valence-electron chi connectivity index (χ4n) is 8.13. The van der Waals surface area contributed by atoms with Gasteiger partial charge >= 0.3 is 12.1 Å². The minimum atomic E-state index is -4.75. The molecule has 6 aromatic rings. The lowest BCUT2D eigenvalue weighted by Gasteiger charge is -2.35. The molecule has 0 bridgehead atoms. The number of aromatic amines is 1. The minimum absolute atomic E-state index is 0.0129. The topological polar surface area (TPSA) is 135 Å². The van der Waals surface area contributed by atoms with Gasteiger partial charge in [-0.05, 0) is 98.3 Å². The van der Waals surface area contributed by atoms with E-state index in [1.165, 1.54) is 34.3 Å². The predicted molar refractivity (Wildman–Crippen MR) is 225 cm³/mol. The molecule has 0 spiro atoms. The van der Waals surface area contributed by atoms with E-state index in [1.807, 2.05) is 6.07 Å². The van der Waals surface area contributed by atoms with Crippen molar-refractivity contribution < 1.29 is 31.1 Å². The number of hydrogen-bond acceptors (Lipinski definition) is 9. The van der Waals surface area contributed by atoms with Gasteiger partial charge in [-0.15, -0.1) is 0 Å². The van der Waals surface area contributed by atoms with Gasteiger partial charge < -0.3 is 24.8 Å². The average molecular weight is 834 g/mol. The number of H-pyrrole nitrogens is 1. The van der Waals surface area contributed by atoms with Gasteiger partial charge in [0.2, 0.25) is 6.17 Å². The van der Waals surface area contributed by atoms with Gasteiger partial charge in [-0.3, -0.25) is 9.10 Å². The third-order valence-corrected chi connectivity index (χ3v) is 12.4. The molecule has 0 aliphatic carbocycles. The molecule has 60 heavy (non-hydrogen) atoms. The van der Waals surface area contributed by atoms with Crippen molar-refractivity contribution >= 4 is 49.8 Å². The maximum absolute atomic E-state index is 15.6. The number of aromatic nitrogens is 2. The molecule has 8 rings (SSSR count). The van der Waals surface area contributed by atoms with Crippen molar-refractivity contribution in [2.45, 2.75) is 69.5 Å². The van der Waals surface area contributed by atoms with Gasteiger partial charge in [0.25, 0.3) is 10.0 Å². The first-order valence-corrected chi connectivity index (χ1v) is 20.9. The second-order valence-electron chi connectivity index (χ2n) is 15.8. The number of nitrogens with one attached hydrogen (secondary N) is 2. The lowest BCUT2D eigenvalue weighted by atomic mass is 9.94. The molecule has 15 heteroatoms. The number of para-hydroxylation sites is 3. The highest BCUT2D eigenvalue weighted by Crippen LogP contribution is 2.48.